The molecule has 0 atom stereocenters. The second kappa shape index (κ2) is 7.97. The standard InChI is InChI=1S/C21H32N2O3/c1-16-5-6-17(13-18(16)26-3)21(7-4-8-21)19(24)23-14-20(15-25-2)9-11-22-12-10-20/h5-6,13,22H,4,7-12,14-15H2,1-3H3,(H,23,24). The molecule has 2 N–H and O–H groups in total. The van der Waals surface area contributed by atoms with Crippen molar-refractivity contribution in [3.8, 4) is 5.75 Å². The Morgan fingerprint density at radius 2 is 1.92 bits per heavy atom. The van der Waals surface area contributed by atoms with Gasteiger partial charge in [0, 0.05) is 19.1 Å². The molecule has 1 aliphatic carbocycles. The second-order valence-electron chi connectivity index (χ2n) is 7.99. The van der Waals surface area contributed by atoms with E-state index in [1.807, 2.05) is 13.0 Å². The van der Waals surface area contributed by atoms with Crippen LogP contribution in [0, 0.1) is 12.3 Å². The number of benzene rings is 1. The average Bonchev–Trinajstić information content (AvgIpc) is 2.61. The summed E-state index contributed by atoms with van der Waals surface area (Å²) in [6.45, 7) is 5.38. The number of rotatable bonds is 7. The van der Waals surface area contributed by atoms with Crippen molar-refractivity contribution in [3.63, 3.8) is 0 Å². The van der Waals surface area contributed by atoms with Gasteiger partial charge in [-0.15, -0.1) is 0 Å². The van der Waals surface area contributed by atoms with Gasteiger partial charge in [-0.05, 0) is 62.9 Å². The largest absolute Gasteiger partial charge is 0.496 e. The molecular formula is C21H32N2O3. The van der Waals surface area contributed by atoms with Gasteiger partial charge in [0.25, 0.3) is 0 Å². The van der Waals surface area contributed by atoms with Crippen LogP contribution in [0.2, 0.25) is 0 Å². The number of amides is 1. The van der Waals surface area contributed by atoms with Crippen LogP contribution < -0.4 is 15.4 Å². The van der Waals surface area contributed by atoms with Gasteiger partial charge in [0.1, 0.15) is 5.75 Å². The predicted octanol–water partition coefficient (Wildman–Crippen LogP) is 2.56. The molecule has 0 spiro atoms. The van der Waals surface area contributed by atoms with Gasteiger partial charge in [0.2, 0.25) is 5.91 Å². The summed E-state index contributed by atoms with van der Waals surface area (Å²) in [4.78, 5) is 13.2. The number of aryl methyl sites for hydroxylation is 1. The van der Waals surface area contributed by atoms with Crippen LogP contribution in [0.1, 0.15) is 43.2 Å². The van der Waals surface area contributed by atoms with Crippen LogP contribution in [0.15, 0.2) is 18.2 Å². The van der Waals surface area contributed by atoms with Gasteiger partial charge in [-0.25, -0.2) is 0 Å². The number of hydrogen-bond donors (Lipinski definition) is 2. The minimum Gasteiger partial charge on any atom is -0.496 e. The maximum absolute atomic E-state index is 13.2. The summed E-state index contributed by atoms with van der Waals surface area (Å²) in [7, 11) is 3.43. The molecule has 1 amide bonds. The zero-order chi connectivity index (χ0) is 18.6. The zero-order valence-electron chi connectivity index (χ0n) is 16.3. The molecule has 1 aliphatic heterocycles. The van der Waals surface area contributed by atoms with Crippen LogP contribution in [0.25, 0.3) is 0 Å². The average molecular weight is 360 g/mol. The van der Waals surface area contributed by atoms with Crippen LogP contribution in [0.3, 0.4) is 0 Å². The number of hydrogen-bond acceptors (Lipinski definition) is 4. The molecule has 1 saturated carbocycles. The van der Waals surface area contributed by atoms with Gasteiger partial charge < -0.3 is 20.1 Å². The Morgan fingerprint density at radius 3 is 2.50 bits per heavy atom. The highest BCUT2D eigenvalue weighted by molar-refractivity contribution is 5.89. The first-order valence-corrected chi connectivity index (χ1v) is 9.68. The number of carbonyl (C=O) groups excluding carboxylic acids is 1. The predicted molar refractivity (Wildman–Crippen MR) is 103 cm³/mol. The van der Waals surface area contributed by atoms with E-state index in [4.69, 9.17) is 9.47 Å². The Kier molecular flexibility index (Phi) is 5.88. The highest BCUT2D eigenvalue weighted by Crippen LogP contribution is 2.45. The topological polar surface area (TPSA) is 59.6 Å². The fourth-order valence-corrected chi connectivity index (χ4v) is 4.37. The lowest BCUT2D eigenvalue weighted by Gasteiger charge is -2.43. The first-order chi connectivity index (χ1) is 12.6. The second-order valence-corrected chi connectivity index (χ2v) is 7.99. The van der Waals surface area contributed by atoms with Crippen LogP contribution in [-0.4, -0.2) is 46.4 Å². The lowest BCUT2D eigenvalue weighted by Crippen LogP contribution is -2.53. The number of ether oxygens (including phenoxy) is 2. The smallest absolute Gasteiger partial charge is 0.230 e. The highest BCUT2D eigenvalue weighted by Gasteiger charge is 2.46. The van der Waals surface area contributed by atoms with Crippen molar-refractivity contribution in [1.82, 2.24) is 10.6 Å². The van der Waals surface area contributed by atoms with Crippen molar-refractivity contribution >= 4 is 5.91 Å². The van der Waals surface area contributed by atoms with Gasteiger partial charge in [-0.3, -0.25) is 4.79 Å². The van der Waals surface area contributed by atoms with Gasteiger partial charge in [0.05, 0.1) is 19.1 Å². The van der Waals surface area contributed by atoms with E-state index >= 15 is 0 Å². The molecule has 1 aromatic rings. The third-order valence-electron chi connectivity index (χ3n) is 6.34. The van der Waals surface area contributed by atoms with Crippen molar-refractivity contribution in [2.24, 2.45) is 5.41 Å². The zero-order valence-corrected chi connectivity index (χ0v) is 16.3. The molecule has 2 aliphatic rings. The summed E-state index contributed by atoms with van der Waals surface area (Å²) in [5, 5.41) is 6.68. The third kappa shape index (κ3) is 3.60. The van der Waals surface area contributed by atoms with Crippen LogP contribution >= 0.6 is 0 Å². The summed E-state index contributed by atoms with van der Waals surface area (Å²) in [5.41, 5.74) is 1.82. The van der Waals surface area contributed by atoms with Crippen molar-refractivity contribution in [2.75, 3.05) is 40.5 Å². The van der Waals surface area contributed by atoms with Crippen molar-refractivity contribution < 1.29 is 14.3 Å². The Hall–Kier alpha value is -1.59. The number of methoxy groups -OCH3 is 2. The molecule has 1 aromatic carbocycles. The van der Waals surface area contributed by atoms with E-state index in [0.717, 1.165) is 62.1 Å². The van der Waals surface area contributed by atoms with E-state index in [0.29, 0.717) is 13.2 Å². The summed E-state index contributed by atoms with van der Waals surface area (Å²) in [6, 6.07) is 6.19. The summed E-state index contributed by atoms with van der Waals surface area (Å²) in [6.07, 6.45) is 4.98. The molecular weight excluding hydrogens is 328 g/mol. The van der Waals surface area contributed by atoms with Crippen molar-refractivity contribution in [3.05, 3.63) is 29.3 Å². The summed E-state index contributed by atoms with van der Waals surface area (Å²) >= 11 is 0. The Morgan fingerprint density at radius 1 is 1.19 bits per heavy atom. The Bertz CT molecular complexity index is 629. The highest BCUT2D eigenvalue weighted by atomic mass is 16.5. The minimum atomic E-state index is -0.401. The summed E-state index contributed by atoms with van der Waals surface area (Å²) < 4.78 is 11.0. The molecule has 144 valence electrons. The SMILES string of the molecule is COCC1(CNC(=O)C2(c3ccc(C)c(OC)c3)CCC2)CCNCC1. The lowest BCUT2D eigenvalue weighted by molar-refractivity contribution is -0.130. The number of nitrogens with one attached hydrogen (secondary N) is 2. The molecule has 0 bridgehead atoms. The molecule has 2 fully saturated rings. The van der Waals surface area contributed by atoms with Gasteiger partial charge in [-0.1, -0.05) is 18.6 Å². The van der Waals surface area contributed by atoms with Crippen molar-refractivity contribution in [1.29, 1.82) is 0 Å². The van der Waals surface area contributed by atoms with E-state index in [9.17, 15) is 4.79 Å². The molecule has 1 heterocycles. The molecule has 5 nitrogen and oxygen atoms in total. The molecule has 1 saturated heterocycles. The Labute approximate surface area is 156 Å². The first-order valence-electron chi connectivity index (χ1n) is 9.68. The molecule has 26 heavy (non-hydrogen) atoms. The lowest BCUT2D eigenvalue weighted by atomic mass is 9.63. The monoisotopic (exact) mass is 360 g/mol. The molecule has 3 rings (SSSR count). The van der Waals surface area contributed by atoms with E-state index in [2.05, 4.69) is 22.8 Å². The van der Waals surface area contributed by atoms with Crippen LogP contribution in [0.5, 0.6) is 5.75 Å². The normalized spacial score (nSPS) is 20.9. The minimum absolute atomic E-state index is 0.0472. The summed E-state index contributed by atoms with van der Waals surface area (Å²) in [5.74, 6) is 1.01. The molecule has 0 unspecified atom stereocenters. The number of piperidine rings is 1. The fraction of sp³-hybridized carbons (Fsp3) is 0.667. The molecule has 0 radical (unpaired) electrons. The Balaban J connectivity index is 1.74. The fourth-order valence-electron chi connectivity index (χ4n) is 4.37. The van der Waals surface area contributed by atoms with Gasteiger partial charge in [0.15, 0.2) is 0 Å². The third-order valence-corrected chi connectivity index (χ3v) is 6.34. The molecule has 5 heteroatoms. The van der Waals surface area contributed by atoms with E-state index in [1.165, 1.54) is 0 Å². The molecule has 0 aromatic heterocycles. The van der Waals surface area contributed by atoms with E-state index in [-0.39, 0.29) is 11.3 Å². The van der Waals surface area contributed by atoms with E-state index < -0.39 is 5.41 Å². The first kappa shape index (κ1) is 19.2. The van der Waals surface area contributed by atoms with Crippen LogP contribution in [0.4, 0.5) is 0 Å². The van der Waals surface area contributed by atoms with E-state index in [1.54, 1.807) is 14.2 Å². The van der Waals surface area contributed by atoms with Gasteiger partial charge in [-0.2, -0.15) is 0 Å². The van der Waals surface area contributed by atoms with Crippen LogP contribution in [-0.2, 0) is 14.9 Å². The quantitative estimate of drug-likeness (QED) is 0.785. The van der Waals surface area contributed by atoms with Crippen molar-refractivity contribution in [2.45, 2.75) is 44.4 Å². The maximum Gasteiger partial charge on any atom is 0.230 e. The number of carbonyl (C=O) groups is 1. The van der Waals surface area contributed by atoms with Gasteiger partial charge >= 0.3 is 0 Å². The maximum atomic E-state index is 13.2.